The Morgan fingerprint density at radius 2 is 1.50 bits per heavy atom. The standard InChI is InChI=1S/C16H26O2/c1-18-16(17)15(14-10-6-3-7-11-14)12-13-8-4-2-5-9-13/h12-14H,2-11H2,1H3/b15-12+. The van der Waals surface area contributed by atoms with E-state index in [1.165, 1.54) is 71.3 Å². The smallest absolute Gasteiger partial charge is 0.333 e. The third-order valence-electron chi connectivity index (χ3n) is 4.53. The summed E-state index contributed by atoms with van der Waals surface area (Å²) in [7, 11) is 1.51. The van der Waals surface area contributed by atoms with E-state index in [-0.39, 0.29) is 5.97 Å². The molecule has 0 heterocycles. The molecule has 0 radical (unpaired) electrons. The van der Waals surface area contributed by atoms with Crippen molar-refractivity contribution in [2.45, 2.75) is 64.2 Å². The molecule has 0 atom stereocenters. The van der Waals surface area contributed by atoms with Crippen molar-refractivity contribution in [3.63, 3.8) is 0 Å². The van der Waals surface area contributed by atoms with Gasteiger partial charge in [0.25, 0.3) is 0 Å². The number of rotatable bonds is 3. The van der Waals surface area contributed by atoms with E-state index >= 15 is 0 Å². The van der Waals surface area contributed by atoms with Crippen LogP contribution in [0.15, 0.2) is 11.6 Å². The largest absolute Gasteiger partial charge is 0.466 e. The van der Waals surface area contributed by atoms with Gasteiger partial charge in [-0.2, -0.15) is 0 Å². The Kier molecular flexibility index (Phi) is 5.27. The third kappa shape index (κ3) is 3.60. The summed E-state index contributed by atoms with van der Waals surface area (Å²) in [6.45, 7) is 0. The van der Waals surface area contributed by atoms with Gasteiger partial charge in [0.2, 0.25) is 0 Å². The van der Waals surface area contributed by atoms with Gasteiger partial charge in [-0.25, -0.2) is 4.79 Å². The Hall–Kier alpha value is -0.790. The minimum Gasteiger partial charge on any atom is -0.466 e. The van der Waals surface area contributed by atoms with Gasteiger partial charge in [0.05, 0.1) is 7.11 Å². The van der Waals surface area contributed by atoms with Gasteiger partial charge in [-0.1, -0.05) is 44.6 Å². The van der Waals surface area contributed by atoms with Gasteiger partial charge < -0.3 is 4.74 Å². The maximum Gasteiger partial charge on any atom is 0.333 e. The average molecular weight is 250 g/mol. The molecule has 0 bridgehead atoms. The zero-order valence-electron chi connectivity index (χ0n) is 11.6. The van der Waals surface area contributed by atoms with Gasteiger partial charge in [-0.15, -0.1) is 0 Å². The van der Waals surface area contributed by atoms with E-state index in [2.05, 4.69) is 6.08 Å². The Morgan fingerprint density at radius 1 is 0.944 bits per heavy atom. The molecule has 0 aliphatic heterocycles. The van der Waals surface area contributed by atoms with E-state index in [0.717, 1.165) is 5.57 Å². The lowest BCUT2D eigenvalue weighted by Gasteiger charge is -2.25. The van der Waals surface area contributed by atoms with Crippen LogP contribution >= 0.6 is 0 Å². The number of esters is 1. The Bertz CT molecular complexity index is 294. The summed E-state index contributed by atoms with van der Waals surface area (Å²) in [5.41, 5.74) is 0.990. The highest BCUT2D eigenvalue weighted by atomic mass is 16.5. The molecule has 2 rings (SSSR count). The number of carbonyl (C=O) groups is 1. The zero-order chi connectivity index (χ0) is 12.8. The molecule has 0 aromatic heterocycles. The molecule has 2 fully saturated rings. The van der Waals surface area contributed by atoms with E-state index < -0.39 is 0 Å². The van der Waals surface area contributed by atoms with Gasteiger partial charge in [-0.3, -0.25) is 0 Å². The molecule has 2 aliphatic rings. The van der Waals surface area contributed by atoms with Crippen LogP contribution in [-0.4, -0.2) is 13.1 Å². The van der Waals surface area contributed by atoms with Crippen molar-refractivity contribution >= 4 is 5.97 Å². The fraction of sp³-hybridized carbons (Fsp3) is 0.812. The predicted molar refractivity (Wildman–Crippen MR) is 73.2 cm³/mol. The highest BCUT2D eigenvalue weighted by Gasteiger charge is 2.25. The van der Waals surface area contributed by atoms with Crippen LogP contribution < -0.4 is 0 Å². The highest BCUT2D eigenvalue weighted by Crippen LogP contribution is 2.33. The van der Waals surface area contributed by atoms with Crippen LogP contribution in [0.4, 0.5) is 0 Å². The number of allylic oxidation sites excluding steroid dienone is 1. The SMILES string of the molecule is COC(=O)/C(=C/C1CCCCC1)C1CCCCC1. The van der Waals surface area contributed by atoms with Crippen molar-refractivity contribution in [3.8, 4) is 0 Å². The second kappa shape index (κ2) is 6.96. The summed E-state index contributed by atoms with van der Waals surface area (Å²) >= 11 is 0. The van der Waals surface area contributed by atoms with Crippen molar-refractivity contribution in [1.82, 2.24) is 0 Å². The molecule has 0 aromatic rings. The van der Waals surface area contributed by atoms with Crippen molar-refractivity contribution in [2.75, 3.05) is 7.11 Å². The van der Waals surface area contributed by atoms with Gasteiger partial charge in [0.1, 0.15) is 0 Å². The quantitative estimate of drug-likeness (QED) is 0.553. The lowest BCUT2D eigenvalue weighted by Crippen LogP contribution is -2.19. The molecule has 0 spiro atoms. The second-order valence-electron chi connectivity index (χ2n) is 5.85. The topological polar surface area (TPSA) is 26.3 Å². The number of hydrogen-bond acceptors (Lipinski definition) is 2. The van der Waals surface area contributed by atoms with E-state index in [9.17, 15) is 4.79 Å². The summed E-state index contributed by atoms with van der Waals surface area (Å²) in [6, 6.07) is 0. The molecule has 102 valence electrons. The molecule has 2 nitrogen and oxygen atoms in total. The normalized spacial score (nSPS) is 23.9. The maximum absolute atomic E-state index is 12.0. The van der Waals surface area contributed by atoms with E-state index in [1.807, 2.05) is 0 Å². The average Bonchev–Trinajstić information content (AvgIpc) is 2.46. The van der Waals surface area contributed by atoms with Crippen molar-refractivity contribution < 1.29 is 9.53 Å². The monoisotopic (exact) mass is 250 g/mol. The number of ether oxygens (including phenoxy) is 1. The first kappa shape index (κ1) is 13.6. The van der Waals surface area contributed by atoms with Crippen LogP contribution in [0.1, 0.15) is 64.2 Å². The molecular weight excluding hydrogens is 224 g/mol. The van der Waals surface area contributed by atoms with Gasteiger partial charge >= 0.3 is 5.97 Å². The van der Waals surface area contributed by atoms with Crippen LogP contribution in [0.5, 0.6) is 0 Å². The lowest BCUT2D eigenvalue weighted by molar-refractivity contribution is -0.136. The summed E-state index contributed by atoms with van der Waals surface area (Å²) in [4.78, 5) is 12.0. The number of hydrogen-bond donors (Lipinski definition) is 0. The van der Waals surface area contributed by atoms with Crippen molar-refractivity contribution in [2.24, 2.45) is 11.8 Å². The van der Waals surface area contributed by atoms with Gasteiger partial charge in [-0.05, 0) is 37.5 Å². The summed E-state index contributed by atoms with van der Waals surface area (Å²) < 4.78 is 5.00. The zero-order valence-corrected chi connectivity index (χ0v) is 11.6. The lowest BCUT2D eigenvalue weighted by atomic mass is 9.80. The molecule has 2 heteroatoms. The number of carbonyl (C=O) groups excluding carboxylic acids is 1. The molecule has 18 heavy (non-hydrogen) atoms. The third-order valence-corrected chi connectivity index (χ3v) is 4.53. The molecular formula is C16H26O2. The molecule has 0 aromatic carbocycles. The maximum atomic E-state index is 12.0. The van der Waals surface area contributed by atoms with Crippen LogP contribution in [0, 0.1) is 11.8 Å². The summed E-state index contributed by atoms with van der Waals surface area (Å²) in [5.74, 6) is 1.01. The van der Waals surface area contributed by atoms with E-state index in [4.69, 9.17) is 4.74 Å². The first-order valence-electron chi connectivity index (χ1n) is 7.61. The molecule has 2 saturated carbocycles. The minimum atomic E-state index is -0.0764. The molecule has 0 amide bonds. The van der Waals surface area contributed by atoms with Crippen LogP contribution in [0.2, 0.25) is 0 Å². The summed E-state index contributed by atoms with van der Waals surface area (Å²) in [5, 5.41) is 0. The minimum absolute atomic E-state index is 0.0764. The highest BCUT2D eigenvalue weighted by molar-refractivity contribution is 5.89. The van der Waals surface area contributed by atoms with Crippen molar-refractivity contribution in [1.29, 1.82) is 0 Å². The van der Waals surface area contributed by atoms with E-state index in [0.29, 0.717) is 11.8 Å². The van der Waals surface area contributed by atoms with Crippen LogP contribution in [-0.2, 0) is 9.53 Å². The molecule has 0 saturated heterocycles. The van der Waals surface area contributed by atoms with Crippen LogP contribution in [0.3, 0.4) is 0 Å². The summed E-state index contributed by atoms with van der Waals surface area (Å²) in [6.07, 6.45) is 15.0. The van der Waals surface area contributed by atoms with Gasteiger partial charge in [0.15, 0.2) is 0 Å². The van der Waals surface area contributed by atoms with E-state index in [1.54, 1.807) is 0 Å². The molecule has 0 unspecified atom stereocenters. The van der Waals surface area contributed by atoms with Crippen molar-refractivity contribution in [3.05, 3.63) is 11.6 Å². The fourth-order valence-corrected chi connectivity index (χ4v) is 3.46. The Labute approximate surface area is 111 Å². The fourth-order valence-electron chi connectivity index (χ4n) is 3.46. The Balaban J connectivity index is 2.07. The second-order valence-corrected chi connectivity index (χ2v) is 5.85. The predicted octanol–water partition coefficient (Wildman–Crippen LogP) is 4.25. The van der Waals surface area contributed by atoms with Crippen LogP contribution in [0.25, 0.3) is 0 Å². The molecule has 2 aliphatic carbocycles. The Morgan fingerprint density at radius 3 is 2.06 bits per heavy atom. The first-order chi connectivity index (χ1) is 8.81. The molecule has 0 N–H and O–H groups in total. The van der Waals surface area contributed by atoms with Gasteiger partial charge in [0, 0.05) is 5.57 Å². The number of methoxy groups -OCH3 is 1. The first-order valence-corrected chi connectivity index (χ1v) is 7.61.